The minimum Gasteiger partial charge on any atom is -0.693 e. The Balaban J connectivity index is 0. The van der Waals surface area contributed by atoms with E-state index >= 15 is 0 Å². The average Bonchev–Trinajstić information content (AvgIpc) is 2.77. The van der Waals surface area contributed by atoms with Gasteiger partial charge in [0.2, 0.25) is 0 Å². The Hall–Kier alpha value is -0.961. The van der Waals surface area contributed by atoms with Gasteiger partial charge < -0.3 is 18.6 Å². The van der Waals surface area contributed by atoms with E-state index in [1.165, 1.54) is 0 Å². The number of hydrogen-bond acceptors (Lipinski definition) is 1. The molecule has 15 heavy (non-hydrogen) atoms. The van der Waals surface area contributed by atoms with E-state index in [9.17, 15) is 0 Å². The van der Waals surface area contributed by atoms with Crippen LogP contribution in [0.2, 0.25) is 0 Å². The summed E-state index contributed by atoms with van der Waals surface area (Å²) in [4.78, 5) is 8.39. The van der Waals surface area contributed by atoms with Crippen LogP contribution < -0.4 is 4.98 Å². The predicted molar refractivity (Wildman–Crippen MR) is 61.7 cm³/mol. The summed E-state index contributed by atoms with van der Waals surface area (Å²) >= 11 is 0. The zero-order valence-corrected chi connectivity index (χ0v) is 11.2. The van der Waals surface area contributed by atoms with Crippen molar-refractivity contribution < 1.29 is 20.1 Å². The molecule has 2 heterocycles. The SMILES string of the molecule is C/C(=C1\C=CC=N1)c1ccc[n-]1.[CH3-].[Ir+3].[NH2-]. The van der Waals surface area contributed by atoms with Gasteiger partial charge in [0.15, 0.2) is 0 Å². The first-order valence-electron chi connectivity index (χ1n) is 3.87. The summed E-state index contributed by atoms with van der Waals surface area (Å²) in [5.41, 5.74) is 3.15. The van der Waals surface area contributed by atoms with Crippen molar-refractivity contribution in [1.82, 2.24) is 4.98 Å². The topological polar surface area (TPSA) is 60.0 Å². The van der Waals surface area contributed by atoms with Crippen LogP contribution >= 0.6 is 0 Å². The van der Waals surface area contributed by atoms with Crippen LogP contribution in [0.25, 0.3) is 11.7 Å². The molecule has 0 saturated carbocycles. The minimum atomic E-state index is 0. The molecule has 0 saturated heterocycles. The van der Waals surface area contributed by atoms with Gasteiger partial charge in [0.25, 0.3) is 0 Å². The van der Waals surface area contributed by atoms with Crippen molar-refractivity contribution in [3.05, 3.63) is 55.4 Å². The minimum absolute atomic E-state index is 0. The first kappa shape index (κ1) is 16.5. The molecule has 1 aliphatic rings. The number of aliphatic imine (C=N–C) groups is 1. The second-order valence-corrected chi connectivity index (χ2v) is 2.67. The van der Waals surface area contributed by atoms with Crippen LogP contribution in [0.15, 0.2) is 41.2 Å². The van der Waals surface area contributed by atoms with E-state index in [1.807, 2.05) is 31.2 Å². The summed E-state index contributed by atoms with van der Waals surface area (Å²) in [7, 11) is 0. The maximum Gasteiger partial charge on any atom is 3.00 e. The van der Waals surface area contributed by atoms with Crippen molar-refractivity contribution in [3.63, 3.8) is 0 Å². The molecule has 2 N–H and O–H groups in total. The van der Waals surface area contributed by atoms with Crippen molar-refractivity contribution >= 4 is 11.8 Å². The van der Waals surface area contributed by atoms with Crippen molar-refractivity contribution in [2.24, 2.45) is 4.99 Å². The second-order valence-electron chi connectivity index (χ2n) is 2.67. The molecule has 0 bridgehead atoms. The summed E-state index contributed by atoms with van der Waals surface area (Å²) in [6.45, 7) is 2.03. The maximum atomic E-state index is 4.20. The Bertz CT molecular complexity index is 347. The largest absolute Gasteiger partial charge is 3.00 e. The molecule has 0 amide bonds. The van der Waals surface area contributed by atoms with E-state index in [4.69, 9.17) is 0 Å². The number of hydrogen-bond donors (Lipinski definition) is 0. The molecule has 2 rings (SSSR count). The van der Waals surface area contributed by atoms with Gasteiger partial charge in [-0.15, -0.1) is 5.69 Å². The molecule has 82 valence electrons. The van der Waals surface area contributed by atoms with Gasteiger partial charge in [-0.2, -0.15) is 6.20 Å². The van der Waals surface area contributed by atoms with Gasteiger partial charge in [0.05, 0.1) is 5.70 Å². The fourth-order valence-electron chi connectivity index (χ4n) is 1.18. The molecule has 0 fully saturated rings. The molecule has 0 unspecified atom stereocenters. The first-order chi connectivity index (χ1) is 5.88. The van der Waals surface area contributed by atoms with Crippen LogP contribution in [0.4, 0.5) is 0 Å². The number of aromatic nitrogens is 1. The fraction of sp³-hybridized carbons (Fsp3) is 0.0909. The first-order valence-corrected chi connectivity index (χ1v) is 3.87. The summed E-state index contributed by atoms with van der Waals surface area (Å²) in [5.74, 6) is 0. The average molecular weight is 380 g/mol. The Morgan fingerprint density at radius 3 is 2.60 bits per heavy atom. The third kappa shape index (κ3) is 3.59. The number of nitrogens with zero attached hydrogens (tertiary/aromatic N) is 2. The molecule has 0 atom stereocenters. The molecule has 1 aromatic heterocycles. The van der Waals surface area contributed by atoms with E-state index in [2.05, 4.69) is 9.98 Å². The van der Waals surface area contributed by atoms with Crippen molar-refractivity contribution in [2.45, 2.75) is 6.92 Å². The van der Waals surface area contributed by atoms with E-state index in [-0.39, 0.29) is 33.7 Å². The van der Waals surface area contributed by atoms with Crippen LogP contribution in [0.3, 0.4) is 0 Å². The summed E-state index contributed by atoms with van der Waals surface area (Å²) in [6.07, 6.45) is 7.51. The Kier molecular flexibility index (Phi) is 8.07. The maximum absolute atomic E-state index is 4.20. The predicted octanol–water partition coefficient (Wildman–Crippen LogP) is 3.18. The molecule has 1 aliphatic heterocycles. The number of nitrogens with two attached hydrogens (primary N) is 1. The molecule has 1 aromatic rings. The third-order valence-electron chi connectivity index (χ3n) is 1.88. The fourth-order valence-corrected chi connectivity index (χ4v) is 1.18. The van der Waals surface area contributed by atoms with Gasteiger partial charge in [-0.25, -0.2) is 0 Å². The molecule has 0 aliphatic carbocycles. The Morgan fingerprint density at radius 1 is 1.40 bits per heavy atom. The molecular weight excluding hydrogens is 366 g/mol. The Labute approximate surface area is 104 Å². The van der Waals surface area contributed by atoms with Crippen LogP contribution in [0, 0.1) is 7.43 Å². The molecule has 3 nitrogen and oxygen atoms in total. The Morgan fingerprint density at radius 2 is 2.13 bits per heavy atom. The van der Waals surface area contributed by atoms with Gasteiger partial charge in [0, 0.05) is 6.21 Å². The van der Waals surface area contributed by atoms with Crippen molar-refractivity contribution in [3.8, 4) is 0 Å². The van der Waals surface area contributed by atoms with Crippen LogP contribution in [0.5, 0.6) is 0 Å². The molecule has 0 aromatic carbocycles. The van der Waals surface area contributed by atoms with Crippen molar-refractivity contribution in [1.29, 1.82) is 0 Å². The van der Waals surface area contributed by atoms with Gasteiger partial charge in [0.1, 0.15) is 0 Å². The van der Waals surface area contributed by atoms with Gasteiger partial charge in [-0.3, -0.25) is 4.99 Å². The van der Waals surface area contributed by atoms with Crippen LogP contribution in [-0.4, -0.2) is 6.21 Å². The van der Waals surface area contributed by atoms with E-state index in [0.717, 1.165) is 17.0 Å². The van der Waals surface area contributed by atoms with Crippen LogP contribution in [0.1, 0.15) is 12.6 Å². The smallest absolute Gasteiger partial charge is 0.693 e. The molecule has 0 radical (unpaired) electrons. The standard InChI is InChI=1S/C10H9N2.CH3.Ir.H2N/c1-8(9-4-2-6-11-9)10-5-3-7-12-10;;;/h2-7H,1H3;1H3;;1H2/q2*-1;+3;-1/b9-8-;;;. The number of allylic oxidation sites excluding steroid dienone is 3. The zero-order chi connectivity index (χ0) is 8.39. The van der Waals surface area contributed by atoms with E-state index in [0.29, 0.717) is 0 Å². The second kappa shape index (κ2) is 7.35. The van der Waals surface area contributed by atoms with E-state index < -0.39 is 0 Å². The summed E-state index contributed by atoms with van der Waals surface area (Å²) < 4.78 is 0. The molecule has 4 heteroatoms. The van der Waals surface area contributed by atoms with Gasteiger partial charge in [-0.05, 0) is 24.6 Å². The quantitative estimate of drug-likeness (QED) is 0.690. The van der Waals surface area contributed by atoms with E-state index in [1.54, 1.807) is 12.4 Å². The third-order valence-corrected chi connectivity index (χ3v) is 1.88. The monoisotopic (exact) mass is 381 g/mol. The number of rotatable bonds is 1. The zero-order valence-electron chi connectivity index (χ0n) is 8.77. The van der Waals surface area contributed by atoms with Gasteiger partial charge in [-0.1, -0.05) is 12.1 Å². The summed E-state index contributed by atoms with van der Waals surface area (Å²) in [6, 6.07) is 3.92. The normalized spacial score (nSPS) is 15.0. The molecular formula is C11H14IrN3. The van der Waals surface area contributed by atoms with Crippen LogP contribution in [-0.2, 0) is 20.1 Å². The summed E-state index contributed by atoms with van der Waals surface area (Å²) in [5, 5.41) is 0. The van der Waals surface area contributed by atoms with Crippen molar-refractivity contribution in [2.75, 3.05) is 0 Å². The molecule has 0 spiro atoms. The van der Waals surface area contributed by atoms with Gasteiger partial charge >= 0.3 is 20.1 Å².